The number of aliphatic hydroxyl groups is 1. The van der Waals surface area contributed by atoms with Crippen LogP contribution < -0.4 is 15.5 Å². The van der Waals surface area contributed by atoms with Crippen LogP contribution in [0.4, 0.5) is 16.6 Å². The average molecular weight is 605 g/mol. The number of phenolic OH excluding ortho intramolecular Hbond substituents is 1. The maximum absolute atomic E-state index is 13.2. The quantitative estimate of drug-likeness (QED) is 0.293. The summed E-state index contributed by atoms with van der Waals surface area (Å²) in [6.07, 6.45) is -1.15. The van der Waals surface area contributed by atoms with E-state index < -0.39 is 29.0 Å². The molecule has 0 radical (unpaired) electrons. The predicted octanol–water partition coefficient (Wildman–Crippen LogP) is 2.18. The molecule has 0 saturated carbocycles. The molecule has 1 fully saturated rings. The molecule has 2 aromatic rings. The Morgan fingerprint density at radius 3 is 2.67 bits per heavy atom. The Morgan fingerprint density at radius 1 is 1.24 bits per heavy atom. The summed E-state index contributed by atoms with van der Waals surface area (Å²) in [5.41, 5.74) is 1.08. The van der Waals surface area contributed by atoms with Crippen molar-refractivity contribution in [2.45, 2.75) is 56.7 Å². The Morgan fingerprint density at radius 2 is 2.00 bits per heavy atom. The van der Waals surface area contributed by atoms with E-state index in [9.17, 15) is 19.8 Å². The molecule has 0 bridgehead atoms. The van der Waals surface area contributed by atoms with Gasteiger partial charge in [-0.1, -0.05) is 6.07 Å². The van der Waals surface area contributed by atoms with E-state index >= 15 is 0 Å². The fourth-order valence-electron chi connectivity index (χ4n) is 4.27. The zero-order valence-corrected chi connectivity index (χ0v) is 25.4. The van der Waals surface area contributed by atoms with E-state index in [-0.39, 0.29) is 30.6 Å². The molecule has 13 nitrogen and oxygen atoms in total. The van der Waals surface area contributed by atoms with E-state index in [0.717, 1.165) is 23.1 Å². The van der Waals surface area contributed by atoms with Crippen LogP contribution >= 0.6 is 11.9 Å². The van der Waals surface area contributed by atoms with Crippen molar-refractivity contribution in [3.63, 3.8) is 0 Å². The van der Waals surface area contributed by atoms with Gasteiger partial charge < -0.3 is 40.0 Å². The van der Waals surface area contributed by atoms with E-state index in [2.05, 4.69) is 20.6 Å². The number of methoxy groups -OCH3 is 1. The van der Waals surface area contributed by atoms with Crippen molar-refractivity contribution in [3.8, 4) is 5.75 Å². The van der Waals surface area contributed by atoms with Gasteiger partial charge in [0.1, 0.15) is 22.9 Å². The van der Waals surface area contributed by atoms with E-state index in [1.165, 1.54) is 4.31 Å². The molecule has 1 aromatic carbocycles. The molecule has 2 aliphatic rings. The molecule has 230 valence electrons. The highest BCUT2D eigenvalue weighted by atomic mass is 32.2. The van der Waals surface area contributed by atoms with Gasteiger partial charge in [-0.15, -0.1) is 0 Å². The van der Waals surface area contributed by atoms with Gasteiger partial charge in [-0.25, -0.2) is 14.1 Å². The zero-order chi connectivity index (χ0) is 30.4. The Balaban J connectivity index is 1.48. The number of rotatable bonds is 10. The Hall–Kier alpha value is -3.33. The smallest absolute Gasteiger partial charge is 0.420 e. The number of aromatic hydroxyl groups is 1. The normalized spacial score (nSPS) is 17.9. The van der Waals surface area contributed by atoms with E-state index in [0.29, 0.717) is 44.6 Å². The highest BCUT2D eigenvalue weighted by Crippen LogP contribution is 2.34. The summed E-state index contributed by atoms with van der Waals surface area (Å²) in [7, 11) is 3.42. The summed E-state index contributed by atoms with van der Waals surface area (Å²) in [5, 5.41) is 26.8. The lowest BCUT2D eigenvalue weighted by Gasteiger charge is -2.29. The van der Waals surface area contributed by atoms with Gasteiger partial charge in [0.2, 0.25) is 5.95 Å². The van der Waals surface area contributed by atoms with E-state index in [1.54, 1.807) is 57.0 Å². The van der Waals surface area contributed by atoms with Crippen LogP contribution in [0.5, 0.6) is 5.75 Å². The number of hydrogen-bond donors (Lipinski definition) is 4. The molecule has 0 aliphatic carbocycles. The van der Waals surface area contributed by atoms with Gasteiger partial charge in [0.25, 0.3) is 5.91 Å². The number of fused-ring (bicyclic) bond motifs is 1. The maximum atomic E-state index is 13.2. The summed E-state index contributed by atoms with van der Waals surface area (Å²) in [4.78, 5) is 37.0. The topological polar surface area (TPSA) is 159 Å². The maximum Gasteiger partial charge on any atom is 0.420 e. The minimum absolute atomic E-state index is 0.0792. The number of benzene rings is 1. The molecule has 1 saturated heterocycles. The van der Waals surface area contributed by atoms with Gasteiger partial charge in [-0.2, -0.15) is 4.98 Å². The summed E-state index contributed by atoms with van der Waals surface area (Å²) in [5.74, 6) is 0.467. The number of phenols is 1. The number of ether oxygens (including phenoxy) is 3. The Labute approximate surface area is 250 Å². The first-order chi connectivity index (χ1) is 19.9. The zero-order valence-electron chi connectivity index (χ0n) is 24.6. The van der Waals surface area contributed by atoms with Gasteiger partial charge in [0.15, 0.2) is 0 Å². The lowest BCUT2D eigenvalue weighted by molar-refractivity contribution is 0.0209. The molecule has 2 atom stereocenters. The molecular weight excluding hydrogens is 564 g/mol. The van der Waals surface area contributed by atoms with Crippen LogP contribution in [-0.4, -0.2) is 107 Å². The van der Waals surface area contributed by atoms with Crippen LogP contribution in [-0.2, 0) is 27.2 Å². The van der Waals surface area contributed by atoms with Crippen LogP contribution in [0.15, 0.2) is 24.3 Å². The second-order valence-corrected chi connectivity index (χ2v) is 12.6. The number of hydrogen-bond acceptors (Lipinski definition) is 12. The van der Waals surface area contributed by atoms with Crippen molar-refractivity contribution >= 4 is 35.7 Å². The fraction of sp³-hybridized carbons (Fsp3) is 0.571. The highest BCUT2D eigenvalue weighted by molar-refractivity contribution is 7.98. The first kappa shape index (κ1) is 31.6. The molecule has 2 aliphatic heterocycles. The molecule has 42 heavy (non-hydrogen) atoms. The van der Waals surface area contributed by atoms with Crippen LogP contribution in [0.1, 0.15) is 42.4 Å². The van der Waals surface area contributed by atoms with Crippen molar-refractivity contribution < 1.29 is 34.0 Å². The largest absolute Gasteiger partial charge is 0.508 e. The summed E-state index contributed by atoms with van der Waals surface area (Å²) >= 11 is 1.16. The van der Waals surface area contributed by atoms with Gasteiger partial charge in [-0.05, 0) is 62.4 Å². The Kier molecular flexibility index (Phi) is 10.4. The second kappa shape index (κ2) is 13.8. The number of aromatic nitrogens is 2. The summed E-state index contributed by atoms with van der Waals surface area (Å²) in [6, 6.07) is 6.64. The molecule has 3 heterocycles. The SMILES string of the molecule is COCCN(C)c1nc(NC2COC2)cc(C(=O)NC[C@@H](O)[C@@H]2Cc3ccc(O)cc3CN(C(=O)OC(C)(C)C)S2)n1. The number of amides is 2. The van der Waals surface area contributed by atoms with Crippen LogP contribution in [0.2, 0.25) is 0 Å². The number of aliphatic hydroxyl groups excluding tert-OH is 1. The second-order valence-electron chi connectivity index (χ2n) is 11.3. The molecule has 0 unspecified atom stereocenters. The number of nitrogens with one attached hydrogen (secondary N) is 2. The Bertz CT molecular complexity index is 1260. The molecule has 4 N–H and O–H groups in total. The highest BCUT2D eigenvalue weighted by Gasteiger charge is 2.33. The standard InChI is InChI=1S/C28H40N6O7S/c1-28(2,3)41-27(38)34-14-18-10-20(35)7-6-17(18)11-23(42-34)22(36)13-29-25(37)21-12-24(30-19-15-40-16-19)32-26(31-21)33(4)8-9-39-5/h6-7,10,12,19,22-23,35-36H,8-9,11,13-16H2,1-5H3,(H,29,37)(H,30,31,32)/t22-,23+/m1/s1. The summed E-state index contributed by atoms with van der Waals surface area (Å²) in [6.45, 7) is 7.55. The molecule has 4 rings (SSSR count). The average Bonchev–Trinajstić information content (AvgIpc) is 3.10. The van der Waals surface area contributed by atoms with E-state index in [4.69, 9.17) is 14.2 Å². The van der Waals surface area contributed by atoms with Crippen molar-refractivity contribution in [1.29, 1.82) is 0 Å². The molecule has 14 heteroatoms. The predicted molar refractivity (Wildman–Crippen MR) is 159 cm³/mol. The molecule has 2 amide bonds. The van der Waals surface area contributed by atoms with Gasteiger partial charge in [-0.3, -0.25) is 4.79 Å². The van der Waals surface area contributed by atoms with Crippen molar-refractivity contribution in [1.82, 2.24) is 19.6 Å². The third-order valence-electron chi connectivity index (χ3n) is 6.59. The number of anilines is 2. The van der Waals surface area contributed by atoms with E-state index in [1.807, 2.05) is 7.05 Å². The number of likely N-dealkylation sites (N-methyl/N-ethyl adjacent to an activating group) is 1. The molecular formula is C28H40N6O7S. The lowest BCUT2D eigenvalue weighted by atomic mass is 10.00. The number of carbonyl (C=O) groups excluding carboxylic acids is 2. The summed E-state index contributed by atoms with van der Waals surface area (Å²) < 4.78 is 17.4. The van der Waals surface area contributed by atoms with Gasteiger partial charge >= 0.3 is 6.09 Å². The molecule has 1 aromatic heterocycles. The minimum Gasteiger partial charge on any atom is -0.508 e. The third-order valence-corrected chi connectivity index (χ3v) is 7.88. The van der Waals surface area contributed by atoms with Crippen LogP contribution in [0.25, 0.3) is 0 Å². The van der Waals surface area contributed by atoms with Crippen molar-refractivity contribution in [2.75, 3.05) is 57.3 Å². The minimum atomic E-state index is -1.01. The van der Waals surface area contributed by atoms with Gasteiger partial charge in [0.05, 0.1) is 43.8 Å². The first-order valence-corrected chi connectivity index (χ1v) is 14.6. The van der Waals surface area contributed by atoms with Gasteiger partial charge in [0, 0.05) is 33.3 Å². The monoisotopic (exact) mass is 604 g/mol. The fourth-order valence-corrected chi connectivity index (χ4v) is 5.42. The van der Waals surface area contributed by atoms with Crippen molar-refractivity contribution in [3.05, 3.63) is 41.1 Å². The number of nitrogens with zero attached hydrogens (tertiary/aromatic N) is 4. The third kappa shape index (κ3) is 8.60. The van der Waals surface area contributed by atoms with Crippen LogP contribution in [0, 0.1) is 0 Å². The molecule has 0 spiro atoms. The van der Waals surface area contributed by atoms with Crippen molar-refractivity contribution in [2.24, 2.45) is 0 Å². The number of carbonyl (C=O) groups is 2. The first-order valence-electron chi connectivity index (χ1n) is 13.8. The lowest BCUT2D eigenvalue weighted by Crippen LogP contribution is -2.41. The van der Waals surface area contributed by atoms with Crippen LogP contribution in [0.3, 0.4) is 0 Å².